The van der Waals surface area contributed by atoms with Gasteiger partial charge in [-0.05, 0) is 28.4 Å². The molecule has 0 N–H and O–H groups in total. The summed E-state index contributed by atoms with van der Waals surface area (Å²) in [7, 11) is -1.10. The maximum atomic E-state index is 11.7. The first-order valence-electron chi connectivity index (χ1n) is 7.71. The monoisotopic (exact) mass is 475 g/mol. The molecule has 0 aliphatic carbocycles. The summed E-state index contributed by atoms with van der Waals surface area (Å²) in [6.07, 6.45) is 0.600. The predicted octanol–water partition coefficient (Wildman–Crippen LogP) is 2.88. The van der Waals surface area contributed by atoms with E-state index in [9.17, 15) is 8.42 Å². The van der Waals surface area contributed by atoms with Crippen molar-refractivity contribution in [2.24, 2.45) is 7.05 Å². The van der Waals surface area contributed by atoms with Crippen LogP contribution in [0.1, 0.15) is 24.1 Å². The molecule has 1 saturated heterocycles. The molecule has 4 rings (SSSR count). The van der Waals surface area contributed by atoms with Gasteiger partial charge in [-0.1, -0.05) is 16.9 Å². The molecule has 1 fully saturated rings. The third-order valence-corrected chi connectivity index (χ3v) is 8.51. The van der Waals surface area contributed by atoms with Gasteiger partial charge in [-0.2, -0.15) is 4.98 Å². The maximum Gasteiger partial charge on any atom is 0.237 e. The molecule has 3 aromatic heterocycles. The van der Waals surface area contributed by atoms with Gasteiger partial charge in [0.15, 0.2) is 15.0 Å². The van der Waals surface area contributed by atoms with E-state index in [2.05, 4.69) is 36.3 Å². The first-order chi connectivity index (χ1) is 12.4. The fourth-order valence-electron chi connectivity index (χ4n) is 2.78. The molecule has 3 aromatic rings. The predicted molar refractivity (Wildman–Crippen MR) is 102 cm³/mol. The number of thiophene rings is 1. The summed E-state index contributed by atoms with van der Waals surface area (Å²) in [6, 6.07) is 1.94. The lowest BCUT2D eigenvalue weighted by atomic mass is 10.1. The van der Waals surface area contributed by atoms with Gasteiger partial charge in [0.2, 0.25) is 11.7 Å². The fraction of sp³-hybridized carbons (Fsp3) is 0.429. The Morgan fingerprint density at radius 3 is 3.00 bits per heavy atom. The highest BCUT2D eigenvalue weighted by molar-refractivity contribution is 9.10. The second kappa shape index (κ2) is 7.06. The summed E-state index contributed by atoms with van der Waals surface area (Å²) in [5.41, 5.74) is 0. The van der Waals surface area contributed by atoms with Crippen LogP contribution in [0.3, 0.4) is 0 Å². The number of sulfone groups is 1. The van der Waals surface area contributed by atoms with E-state index in [-0.39, 0.29) is 17.4 Å². The molecule has 0 radical (unpaired) electrons. The minimum atomic E-state index is -2.95. The lowest BCUT2D eigenvalue weighted by Crippen LogP contribution is -2.09. The molecule has 0 saturated carbocycles. The average molecular weight is 476 g/mol. The van der Waals surface area contributed by atoms with Crippen molar-refractivity contribution >= 4 is 48.9 Å². The molecule has 0 amide bonds. The molecule has 0 bridgehead atoms. The second-order valence-corrected chi connectivity index (χ2v) is 10.9. The van der Waals surface area contributed by atoms with Crippen molar-refractivity contribution in [3.8, 4) is 10.7 Å². The van der Waals surface area contributed by atoms with E-state index < -0.39 is 9.84 Å². The molecule has 1 unspecified atom stereocenters. The minimum Gasteiger partial charge on any atom is -0.338 e. The summed E-state index contributed by atoms with van der Waals surface area (Å²) in [4.78, 5) is 5.33. The lowest BCUT2D eigenvalue weighted by molar-refractivity contribution is 0.391. The molecule has 0 spiro atoms. The number of hydrogen-bond acceptors (Lipinski definition) is 9. The summed E-state index contributed by atoms with van der Waals surface area (Å²) in [6.45, 7) is 0. The largest absolute Gasteiger partial charge is 0.338 e. The topological polar surface area (TPSA) is 104 Å². The zero-order valence-corrected chi connectivity index (χ0v) is 17.7. The Labute approximate surface area is 166 Å². The van der Waals surface area contributed by atoms with Crippen LogP contribution in [0.15, 0.2) is 25.6 Å². The quantitative estimate of drug-likeness (QED) is 0.518. The van der Waals surface area contributed by atoms with Gasteiger partial charge in [0.1, 0.15) is 5.82 Å². The van der Waals surface area contributed by atoms with E-state index in [0.717, 1.165) is 9.35 Å². The number of aromatic nitrogens is 5. The van der Waals surface area contributed by atoms with E-state index in [0.29, 0.717) is 34.9 Å². The van der Waals surface area contributed by atoms with Gasteiger partial charge in [0, 0.05) is 22.8 Å². The first-order valence-corrected chi connectivity index (χ1v) is 12.2. The maximum absolute atomic E-state index is 11.7. The fourth-order valence-corrected chi connectivity index (χ4v) is 6.62. The second-order valence-electron chi connectivity index (χ2n) is 5.93. The number of halogens is 1. The highest BCUT2D eigenvalue weighted by Crippen LogP contribution is 2.31. The van der Waals surface area contributed by atoms with Gasteiger partial charge in [-0.3, -0.25) is 0 Å². The molecule has 1 atom stereocenters. The number of hydrogen-bond donors (Lipinski definition) is 0. The summed E-state index contributed by atoms with van der Waals surface area (Å²) in [5.74, 6) is 2.52. The van der Waals surface area contributed by atoms with Crippen LogP contribution in [0.2, 0.25) is 0 Å². The van der Waals surface area contributed by atoms with Gasteiger partial charge in [-0.25, -0.2) is 8.42 Å². The summed E-state index contributed by atoms with van der Waals surface area (Å²) in [5, 5.41) is 15.0. The molecule has 26 heavy (non-hydrogen) atoms. The molecular weight excluding hydrogens is 462 g/mol. The molecule has 138 valence electrons. The average Bonchev–Trinajstić information content (AvgIpc) is 3.34. The number of rotatable bonds is 5. The molecule has 1 aliphatic rings. The summed E-state index contributed by atoms with van der Waals surface area (Å²) < 4.78 is 31.5. The normalized spacial score (nSPS) is 19.2. The zero-order chi connectivity index (χ0) is 18.3. The smallest absolute Gasteiger partial charge is 0.237 e. The van der Waals surface area contributed by atoms with Gasteiger partial charge in [0.25, 0.3) is 0 Å². The third kappa shape index (κ3) is 3.73. The summed E-state index contributed by atoms with van der Waals surface area (Å²) >= 11 is 6.37. The van der Waals surface area contributed by atoms with Crippen LogP contribution in [0, 0.1) is 0 Å². The zero-order valence-electron chi connectivity index (χ0n) is 13.6. The van der Waals surface area contributed by atoms with Crippen molar-refractivity contribution in [1.29, 1.82) is 0 Å². The molecule has 0 aromatic carbocycles. The first kappa shape index (κ1) is 18.1. The van der Waals surface area contributed by atoms with Crippen LogP contribution in [0.4, 0.5) is 0 Å². The van der Waals surface area contributed by atoms with Gasteiger partial charge in [-0.15, -0.1) is 21.5 Å². The Morgan fingerprint density at radius 1 is 1.46 bits per heavy atom. The molecule has 4 heterocycles. The van der Waals surface area contributed by atoms with Crippen LogP contribution >= 0.6 is 39.0 Å². The standard InChI is InChI=1S/C14H14BrN5O3S3/c1-20-13(8-2-3-26(21,22)7-8)17-18-14(20)25-6-11-16-12(19-23-11)10-4-9(15)5-24-10/h4-5,8H,2-3,6-7H2,1H3. The Kier molecular flexibility index (Phi) is 4.92. The van der Waals surface area contributed by atoms with E-state index in [1.165, 1.54) is 23.1 Å². The Morgan fingerprint density at radius 2 is 2.31 bits per heavy atom. The van der Waals surface area contributed by atoms with Crippen molar-refractivity contribution in [2.45, 2.75) is 23.2 Å². The van der Waals surface area contributed by atoms with Crippen LogP contribution in [0.5, 0.6) is 0 Å². The van der Waals surface area contributed by atoms with Crippen molar-refractivity contribution in [3.05, 3.63) is 27.6 Å². The van der Waals surface area contributed by atoms with Gasteiger partial charge >= 0.3 is 0 Å². The van der Waals surface area contributed by atoms with E-state index in [4.69, 9.17) is 4.52 Å². The molecule has 12 heteroatoms. The lowest BCUT2D eigenvalue weighted by Gasteiger charge is -2.07. The minimum absolute atomic E-state index is 0.0841. The van der Waals surface area contributed by atoms with Crippen molar-refractivity contribution in [3.63, 3.8) is 0 Å². The van der Waals surface area contributed by atoms with E-state index in [1.807, 2.05) is 23.1 Å². The van der Waals surface area contributed by atoms with Gasteiger partial charge in [0.05, 0.1) is 22.1 Å². The highest BCUT2D eigenvalue weighted by Gasteiger charge is 2.32. The van der Waals surface area contributed by atoms with Crippen LogP contribution in [-0.4, -0.2) is 44.8 Å². The van der Waals surface area contributed by atoms with Crippen LogP contribution in [0.25, 0.3) is 10.7 Å². The highest BCUT2D eigenvalue weighted by atomic mass is 79.9. The Balaban J connectivity index is 1.43. The Bertz CT molecular complexity index is 1040. The third-order valence-electron chi connectivity index (χ3n) is 4.05. The number of thioether (sulfide) groups is 1. The van der Waals surface area contributed by atoms with E-state index >= 15 is 0 Å². The molecule has 1 aliphatic heterocycles. The van der Waals surface area contributed by atoms with E-state index in [1.54, 1.807) is 0 Å². The van der Waals surface area contributed by atoms with Crippen molar-refractivity contribution in [2.75, 3.05) is 11.5 Å². The molecular formula is C14H14BrN5O3S3. The SMILES string of the molecule is Cn1c(SCc2nc(-c3cc(Br)cs3)no2)nnc1C1CCS(=O)(=O)C1. The molecule has 8 nitrogen and oxygen atoms in total. The van der Waals surface area contributed by atoms with Gasteiger partial charge < -0.3 is 9.09 Å². The van der Waals surface area contributed by atoms with Crippen molar-refractivity contribution in [1.82, 2.24) is 24.9 Å². The van der Waals surface area contributed by atoms with Crippen LogP contribution < -0.4 is 0 Å². The Hall–Kier alpha value is -1.24. The van der Waals surface area contributed by atoms with Crippen LogP contribution in [-0.2, 0) is 22.6 Å². The van der Waals surface area contributed by atoms with Crippen molar-refractivity contribution < 1.29 is 12.9 Å². The number of nitrogens with zero attached hydrogens (tertiary/aromatic N) is 5.